The van der Waals surface area contributed by atoms with Crippen molar-refractivity contribution in [1.29, 1.82) is 0 Å². The van der Waals surface area contributed by atoms with Crippen molar-refractivity contribution in [3.8, 4) is 0 Å². The number of aromatic nitrogens is 4. The van der Waals surface area contributed by atoms with Gasteiger partial charge in [-0.15, -0.1) is 0 Å². The molecule has 1 aliphatic heterocycles. The SMILES string of the molecule is O=c1[nH]nc2c3c(cccc13)NC(c1ccccc1)C2c1nccn1Cc1ccccc1. The number of nitrogens with one attached hydrogen (secondary N) is 2. The van der Waals surface area contributed by atoms with Gasteiger partial charge in [0, 0.05) is 30.0 Å². The Labute approximate surface area is 184 Å². The van der Waals surface area contributed by atoms with E-state index < -0.39 is 0 Å². The topological polar surface area (TPSA) is 75.6 Å². The number of hydrogen-bond donors (Lipinski definition) is 2. The summed E-state index contributed by atoms with van der Waals surface area (Å²) in [5.41, 5.74) is 3.91. The van der Waals surface area contributed by atoms with E-state index in [1.165, 1.54) is 5.56 Å². The van der Waals surface area contributed by atoms with Crippen molar-refractivity contribution in [2.45, 2.75) is 18.5 Å². The number of H-pyrrole nitrogens is 1. The number of aromatic amines is 1. The van der Waals surface area contributed by atoms with Crippen LogP contribution in [0.5, 0.6) is 0 Å². The van der Waals surface area contributed by atoms with E-state index in [-0.39, 0.29) is 17.5 Å². The normalized spacial score (nSPS) is 17.2. The number of benzene rings is 3. The van der Waals surface area contributed by atoms with Crippen molar-refractivity contribution >= 4 is 16.5 Å². The molecular formula is C26H21N5O. The molecule has 0 saturated heterocycles. The van der Waals surface area contributed by atoms with E-state index in [0.717, 1.165) is 28.2 Å². The molecule has 1 aliphatic rings. The molecule has 6 rings (SSSR count). The first-order chi connectivity index (χ1) is 15.8. The van der Waals surface area contributed by atoms with E-state index in [0.29, 0.717) is 11.9 Å². The second-order valence-electron chi connectivity index (χ2n) is 8.08. The zero-order chi connectivity index (χ0) is 21.5. The predicted octanol–water partition coefficient (Wildman–Crippen LogP) is 4.47. The summed E-state index contributed by atoms with van der Waals surface area (Å²) in [5.74, 6) is 0.732. The predicted molar refractivity (Wildman–Crippen MR) is 125 cm³/mol. The van der Waals surface area contributed by atoms with Gasteiger partial charge in [0.1, 0.15) is 5.82 Å². The van der Waals surface area contributed by atoms with Crippen molar-refractivity contribution in [3.63, 3.8) is 0 Å². The Morgan fingerprint density at radius 1 is 0.906 bits per heavy atom. The Morgan fingerprint density at radius 2 is 1.69 bits per heavy atom. The van der Waals surface area contributed by atoms with E-state index in [4.69, 9.17) is 4.98 Å². The highest BCUT2D eigenvalue weighted by Crippen LogP contribution is 2.45. The third-order valence-corrected chi connectivity index (χ3v) is 6.16. The van der Waals surface area contributed by atoms with Crippen LogP contribution in [0.1, 0.15) is 34.6 Å². The van der Waals surface area contributed by atoms with Gasteiger partial charge < -0.3 is 9.88 Å². The molecule has 2 aromatic heterocycles. The first kappa shape index (κ1) is 18.6. The third kappa shape index (κ3) is 3.00. The molecule has 6 nitrogen and oxygen atoms in total. The number of hydrogen-bond acceptors (Lipinski definition) is 4. The number of nitrogens with zero attached hydrogens (tertiary/aromatic N) is 3. The van der Waals surface area contributed by atoms with E-state index in [9.17, 15) is 4.79 Å². The Hall–Kier alpha value is -4.19. The molecule has 0 spiro atoms. The standard InChI is InChI=1S/C26H21N5O/c32-26-19-12-7-13-20-21(19)24(29-30-26)22(23(28-20)18-10-5-2-6-11-18)25-27-14-15-31(25)16-17-8-3-1-4-9-17/h1-15,22-23,28H,16H2,(H,30,32). The zero-order valence-electron chi connectivity index (χ0n) is 17.3. The fourth-order valence-electron chi connectivity index (χ4n) is 4.72. The van der Waals surface area contributed by atoms with Crippen LogP contribution in [-0.2, 0) is 6.54 Å². The van der Waals surface area contributed by atoms with Gasteiger partial charge in [-0.2, -0.15) is 5.10 Å². The van der Waals surface area contributed by atoms with Crippen molar-refractivity contribution in [2.75, 3.05) is 5.32 Å². The molecule has 156 valence electrons. The molecule has 3 aromatic carbocycles. The molecule has 0 radical (unpaired) electrons. The van der Waals surface area contributed by atoms with Gasteiger partial charge in [-0.3, -0.25) is 4.79 Å². The molecule has 6 heteroatoms. The number of rotatable bonds is 4. The van der Waals surface area contributed by atoms with Gasteiger partial charge in [-0.25, -0.2) is 10.1 Å². The number of imidazole rings is 1. The van der Waals surface area contributed by atoms with Crippen molar-refractivity contribution in [3.05, 3.63) is 124 Å². The summed E-state index contributed by atoms with van der Waals surface area (Å²) in [6, 6.07) is 26.4. The lowest BCUT2D eigenvalue weighted by Crippen LogP contribution is -2.30. The van der Waals surface area contributed by atoms with Crippen LogP contribution in [-0.4, -0.2) is 19.7 Å². The van der Waals surface area contributed by atoms with E-state index in [1.807, 2.05) is 67.0 Å². The van der Waals surface area contributed by atoms with Crippen LogP contribution >= 0.6 is 0 Å². The molecule has 3 heterocycles. The molecule has 0 fully saturated rings. The molecule has 2 unspecified atom stereocenters. The van der Waals surface area contributed by atoms with Crippen LogP contribution in [0.3, 0.4) is 0 Å². The second kappa shape index (κ2) is 7.50. The average Bonchev–Trinajstić information content (AvgIpc) is 3.29. The zero-order valence-corrected chi connectivity index (χ0v) is 17.3. The summed E-state index contributed by atoms with van der Waals surface area (Å²) >= 11 is 0. The third-order valence-electron chi connectivity index (χ3n) is 6.16. The first-order valence-corrected chi connectivity index (χ1v) is 10.7. The van der Waals surface area contributed by atoms with Gasteiger partial charge in [0.05, 0.1) is 23.0 Å². The molecule has 0 amide bonds. The van der Waals surface area contributed by atoms with Crippen LogP contribution in [0.15, 0.2) is 96.1 Å². The quantitative estimate of drug-likeness (QED) is 0.451. The molecule has 0 bridgehead atoms. The van der Waals surface area contributed by atoms with Gasteiger partial charge in [0.15, 0.2) is 0 Å². The molecule has 2 atom stereocenters. The molecular weight excluding hydrogens is 398 g/mol. The first-order valence-electron chi connectivity index (χ1n) is 10.7. The summed E-state index contributed by atoms with van der Waals surface area (Å²) in [4.78, 5) is 17.3. The summed E-state index contributed by atoms with van der Waals surface area (Å²) in [6.45, 7) is 0.711. The maximum Gasteiger partial charge on any atom is 0.272 e. The van der Waals surface area contributed by atoms with Crippen LogP contribution in [0.25, 0.3) is 10.8 Å². The Kier molecular flexibility index (Phi) is 4.35. The molecule has 0 saturated carbocycles. The Balaban J connectivity index is 1.57. The average molecular weight is 419 g/mol. The number of anilines is 1. The second-order valence-corrected chi connectivity index (χ2v) is 8.08. The smallest absolute Gasteiger partial charge is 0.272 e. The highest BCUT2D eigenvalue weighted by atomic mass is 16.1. The van der Waals surface area contributed by atoms with Crippen LogP contribution < -0.4 is 10.9 Å². The van der Waals surface area contributed by atoms with E-state index in [2.05, 4.69) is 44.3 Å². The maximum absolute atomic E-state index is 12.5. The Bertz CT molecular complexity index is 1460. The van der Waals surface area contributed by atoms with Gasteiger partial charge in [0.2, 0.25) is 0 Å². The van der Waals surface area contributed by atoms with Crippen LogP contribution in [0.4, 0.5) is 5.69 Å². The lowest BCUT2D eigenvalue weighted by atomic mass is 9.83. The summed E-state index contributed by atoms with van der Waals surface area (Å²) in [6.07, 6.45) is 3.84. The summed E-state index contributed by atoms with van der Waals surface area (Å²) in [7, 11) is 0. The minimum atomic E-state index is -0.183. The van der Waals surface area contributed by atoms with Crippen LogP contribution in [0, 0.1) is 0 Å². The molecule has 2 N–H and O–H groups in total. The minimum Gasteiger partial charge on any atom is -0.377 e. The molecule has 5 aromatic rings. The Morgan fingerprint density at radius 3 is 2.50 bits per heavy atom. The van der Waals surface area contributed by atoms with E-state index >= 15 is 0 Å². The largest absolute Gasteiger partial charge is 0.377 e. The van der Waals surface area contributed by atoms with Gasteiger partial charge in [0.25, 0.3) is 5.56 Å². The lowest BCUT2D eigenvalue weighted by Gasteiger charge is -2.34. The van der Waals surface area contributed by atoms with Gasteiger partial charge in [-0.05, 0) is 23.3 Å². The lowest BCUT2D eigenvalue weighted by molar-refractivity contribution is 0.571. The van der Waals surface area contributed by atoms with Gasteiger partial charge in [-0.1, -0.05) is 66.7 Å². The fourth-order valence-corrected chi connectivity index (χ4v) is 4.72. The summed E-state index contributed by atoms with van der Waals surface area (Å²) < 4.78 is 2.17. The van der Waals surface area contributed by atoms with E-state index in [1.54, 1.807) is 0 Å². The van der Waals surface area contributed by atoms with Gasteiger partial charge >= 0.3 is 0 Å². The van der Waals surface area contributed by atoms with Crippen molar-refractivity contribution < 1.29 is 0 Å². The summed E-state index contributed by atoms with van der Waals surface area (Å²) in [5, 5.41) is 12.5. The highest BCUT2D eigenvalue weighted by molar-refractivity contribution is 5.97. The molecule has 0 aliphatic carbocycles. The highest BCUT2D eigenvalue weighted by Gasteiger charge is 2.37. The van der Waals surface area contributed by atoms with Crippen LogP contribution in [0.2, 0.25) is 0 Å². The fraction of sp³-hybridized carbons (Fsp3) is 0.115. The van der Waals surface area contributed by atoms with Crippen molar-refractivity contribution in [2.24, 2.45) is 0 Å². The monoisotopic (exact) mass is 419 g/mol. The minimum absolute atomic E-state index is 0.0791. The van der Waals surface area contributed by atoms with Crippen molar-refractivity contribution in [1.82, 2.24) is 19.7 Å². The maximum atomic E-state index is 12.5. The molecule has 32 heavy (non-hydrogen) atoms.